The quantitative estimate of drug-likeness (QED) is 0.780. The molecule has 5 nitrogen and oxygen atoms in total. The van der Waals surface area contributed by atoms with Gasteiger partial charge in [-0.1, -0.05) is 0 Å². The molecule has 1 aliphatic rings. The van der Waals surface area contributed by atoms with Crippen LogP contribution >= 0.6 is 0 Å². The van der Waals surface area contributed by atoms with Gasteiger partial charge >= 0.3 is 0 Å². The minimum atomic E-state index is 0.123. The largest absolute Gasteiger partial charge is 0.394 e. The van der Waals surface area contributed by atoms with Gasteiger partial charge < -0.3 is 9.84 Å². The molecule has 0 bridgehead atoms. The highest BCUT2D eigenvalue weighted by atomic mass is 16.5. The molecule has 15 heavy (non-hydrogen) atoms. The summed E-state index contributed by atoms with van der Waals surface area (Å²) in [5.41, 5.74) is 0. The Hall–Kier alpha value is -0.940. The van der Waals surface area contributed by atoms with Crippen molar-refractivity contribution < 1.29 is 9.84 Å². The molecule has 2 heterocycles. The topological polar surface area (TPSA) is 60.2 Å². The molecule has 0 aliphatic carbocycles. The zero-order valence-corrected chi connectivity index (χ0v) is 9.02. The van der Waals surface area contributed by atoms with Crippen LogP contribution in [0, 0.1) is 0 Å². The Kier molecular flexibility index (Phi) is 3.33. The SMILES string of the molecule is COCCc1nc2n(n1)C(CO)CCC2. The number of fused-ring (bicyclic) bond motifs is 1. The fraction of sp³-hybridized carbons (Fsp3) is 0.800. The van der Waals surface area contributed by atoms with Gasteiger partial charge in [0.2, 0.25) is 0 Å². The van der Waals surface area contributed by atoms with Gasteiger partial charge in [-0.25, -0.2) is 9.67 Å². The molecule has 1 unspecified atom stereocenters. The van der Waals surface area contributed by atoms with E-state index in [4.69, 9.17) is 4.74 Å². The fourth-order valence-electron chi connectivity index (χ4n) is 1.95. The fourth-order valence-corrected chi connectivity index (χ4v) is 1.95. The first-order valence-electron chi connectivity index (χ1n) is 5.39. The second-order valence-corrected chi connectivity index (χ2v) is 3.86. The molecule has 2 rings (SSSR count). The third-order valence-corrected chi connectivity index (χ3v) is 2.77. The smallest absolute Gasteiger partial charge is 0.153 e. The summed E-state index contributed by atoms with van der Waals surface area (Å²) in [5.74, 6) is 1.83. The summed E-state index contributed by atoms with van der Waals surface area (Å²) in [5, 5.41) is 13.6. The van der Waals surface area contributed by atoms with E-state index in [1.807, 2.05) is 4.68 Å². The minimum Gasteiger partial charge on any atom is -0.394 e. The maximum absolute atomic E-state index is 9.21. The molecule has 84 valence electrons. The average molecular weight is 211 g/mol. The van der Waals surface area contributed by atoms with E-state index in [9.17, 15) is 5.11 Å². The Morgan fingerprint density at radius 1 is 1.60 bits per heavy atom. The van der Waals surface area contributed by atoms with Gasteiger partial charge in [0.05, 0.1) is 19.3 Å². The van der Waals surface area contributed by atoms with Crippen LogP contribution in [0.1, 0.15) is 30.5 Å². The Morgan fingerprint density at radius 2 is 2.47 bits per heavy atom. The number of aliphatic hydroxyl groups excluding tert-OH is 1. The van der Waals surface area contributed by atoms with E-state index in [0.29, 0.717) is 6.61 Å². The van der Waals surface area contributed by atoms with Crippen LogP contribution in [0.5, 0.6) is 0 Å². The first-order chi connectivity index (χ1) is 7.35. The lowest BCUT2D eigenvalue weighted by molar-refractivity contribution is 0.192. The Labute approximate surface area is 89.1 Å². The molecule has 1 aliphatic heterocycles. The highest BCUT2D eigenvalue weighted by Crippen LogP contribution is 2.22. The number of aromatic nitrogens is 3. The zero-order valence-electron chi connectivity index (χ0n) is 9.02. The van der Waals surface area contributed by atoms with Crippen molar-refractivity contribution in [3.05, 3.63) is 11.6 Å². The van der Waals surface area contributed by atoms with Crippen LogP contribution in [0.2, 0.25) is 0 Å². The number of hydrogen-bond acceptors (Lipinski definition) is 4. The molecule has 0 fully saturated rings. The first kappa shape index (κ1) is 10.6. The summed E-state index contributed by atoms with van der Waals surface area (Å²) in [6.07, 6.45) is 3.80. The van der Waals surface area contributed by atoms with E-state index in [0.717, 1.165) is 37.3 Å². The predicted octanol–water partition coefficient (Wildman–Crippen LogP) is 0.337. The van der Waals surface area contributed by atoms with E-state index in [-0.39, 0.29) is 12.6 Å². The molecule has 1 atom stereocenters. The third kappa shape index (κ3) is 2.18. The molecular weight excluding hydrogens is 194 g/mol. The molecule has 0 saturated heterocycles. The molecule has 1 N–H and O–H groups in total. The van der Waals surface area contributed by atoms with E-state index in [1.165, 1.54) is 0 Å². The van der Waals surface area contributed by atoms with Crippen LogP contribution in [-0.2, 0) is 17.6 Å². The lowest BCUT2D eigenvalue weighted by Crippen LogP contribution is -2.22. The van der Waals surface area contributed by atoms with E-state index < -0.39 is 0 Å². The number of aliphatic hydroxyl groups is 1. The normalized spacial score (nSPS) is 20.3. The molecule has 5 heteroatoms. The number of nitrogens with zero attached hydrogens (tertiary/aromatic N) is 3. The minimum absolute atomic E-state index is 0.123. The van der Waals surface area contributed by atoms with Crippen molar-refractivity contribution in [3.8, 4) is 0 Å². The number of methoxy groups -OCH3 is 1. The standard InChI is InChI=1S/C10H17N3O2/c1-15-6-5-9-11-10-4-2-3-8(7-14)13(10)12-9/h8,14H,2-7H2,1H3. The monoisotopic (exact) mass is 211 g/mol. The van der Waals surface area contributed by atoms with Gasteiger partial charge in [0.1, 0.15) is 5.82 Å². The number of rotatable bonds is 4. The van der Waals surface area contributed by atoms with Gasteiger partial charge in [-0.2, -0.15) is 5.10 Å². The highest BCUT2D eigenvalue weighted by molar-refractivity contribution is 4.98. The van der Waals surface area contributed by atoms with Crippen LogP contribution in [0.3, 0.4) is 0 Å². The highest BCUT2D eigenvalue weighted by Gasteiger charge is 2.22. The van der Waals surface area contributed by atoms with Gasteiger partial charge in [0.15, 0.2) is 5.82 Å². The predicted molar refractivity (Wildman–Crippen MR) is 54.7 cm³/mol. The van der Waals surface area contributed by atoms with Crippen molar-refractivity contribution >= 4 is 0 Å². The van der Waals surface area contributed by atoms with Crippen LogP contribution in [-0.4, -0.2) is 40.2 Å². The lowest BCUT2D eigenvalue weighted by Gasteiger charge is -2.20. The second-order valence-electron chi connectivity index (χ2n) is 3.86. The van der Waals surface area contributed by atoms with Crippen LogP contribution < -0.4 is 0 Å². The molecule has 1 aromatic rings. The molecule has 0 aromatic carbocycles. The molecule has 0 spiro atoms. The van der Waals surface area contributed by atoms with Crippen LogP contribution in [0.25, 0.3) is 0 Å². The average Bonchev–Trinajstić information content (AvgIpc) is 2.68. The Bertz CT molecular complexity index is 324. The van der Waals surface area contributed by atoms with Crippen molar-refractivity contribution in [3.63, 3.8) is 0 Å². The van der Waals surface area contributed by atoms with Gasteiger partial charge in [-0.05, 0) is 12.8 Å². The van der Waals surface area contributed by atoms with Crippen molar-refractivity contribution in [1.29, 1.82) is 0 Å². The summed E-state index contributed by atoms with van der Waals surface area (Å²) >= 11 is 0. The summed E-state index contributed by atoms with van der Waals surface area (Å²) in [6.45, 7) is 0.799. The third-order valence-electron chi connectivity index (χ3n) is 2.77. The van der Waals surface area contributed by atoms with E-state index in [1.54, 1.807) is 7.11 Å². The maximum atomic E-state index is 9.21. The van der Waals surface area contributed by atoms with Crippen molar-refractivity contribution in [2.24, 2.45) is 0 Å². The van der Waals surface area contributed by atoms with E-state index in [2.05, 4.69) is 10.1 Å². The molecule has 0 saturated carbocycles. The molecule has 0 radical (unpaired) electrons. The van der Waals surface area contributed by atoms with Gasteiger partial charge in [0.25, 0.3) is 0 Å². The van der Waals surface area contributed by atoms with E-state index >= 15 is 0 Å². The van der Waals surface area contributed by atoms with Crippen LogP contribution in [0.15, 0.2) is 0 Å². The van der Waals surface area contributed by atoms with Gasteiger partial charge in [0, 0.05) is 20.0 Å². The first-order valence-corrected chi connectivity index (χ1v) is 5.39. The van der Waals surface area contributed by atoms with Crippen LogP contribution in [0.4, 0.5) is 0 Å². The Morgan fingerprint density at radius 3 is 3.20 bits per heavy atom. The van der Waals surface area contributed by atoms with Crippen molar-refractivity contribution in [2.45, 2.75) is 31.7 Å². The Balaban J connectivity index is 2.14. The van der Waals surface area contributed by atoms with Crippen molar-refractivity contribution in [1.82, 2.24) is 14.8 Å². The molecular formula is C10H17N3O2. The second kappa shape index (κ2) is 4.72. The summed E-state index contributed by atoms with van der Waals surface area (Å²) < 4.78 is 6.88. The van der Waals surface area contributed by atoms with Gasteiger partial charge in [-0.15, -0.1) is 0 Å². The number of aryl methyl sites for hydroxylation is 1. The summed E-state index contributed by atoms with van der Waals surface area (Å²) in [4.78, 5) is 4.45. The molecule has 0 amide bonds. The van der Waals surface area contributed by atoms with Crippen molar-refractivity contribution in [2.75, 3.05) is 20.3 Å². The summed E-state index contributed by atoms with van der Waals surface area (Å²) in [7, 11) is 1.67. The maximum Gasteiger partial charge on any atom is 0.153 e. The lowest BCUT2D eigenvalue weighted by atomic mass is 10.1. The number of hydrogen-bond donors (Lipinski definition) is 1. The van der Waals surface area contributed by atoms with Gasteiger partial charge in [-0.3, -0.25) is 0 Å². The molecule has 1 aromatic heterocycles. The number of ether oxygens (including phenoxy) is 1. The summed E-state index contributed by atoms with van der Waals surface area (Å²) in [6, 6.07) is 0.123. The zero-order chi connectivity index (χ0) is 10.7.